The van der Waals surface area contributed by atoms with Crippen LogP contribution < -0.4 is 0 Å². The van der Waals surface area contributed by atoms with Crippen LogP contribution in [0, 0.1) is 13.8 Å². The number of rotatable bonds is 6. The Bertz CT molecular complexity index is 458. The van der Waals surface area contributed by atoms with Crippen molar-refractivity contribution in [2.24, 2.45) is 0 Å². The molecule has 0 radical (unpaired) electrons. The van der Waals surface area contributed by atoms with Gasteiger partial charge in [0.15, 0.2) is 5.78 Å². The van der Waals surface area contributed by atoms with E-state index in [4.69, 9.17) is 4.74 Å². The van der Waals surface area contributed by atoms with Crippen LogP contribution in [0.3, 0.4) is 0 Å². The summed E-state index contributed by atoms with van der Waals surface area (Å²) in [6.45, 7) is 6.04. The minimum Gasteiger partial charge on any atom is -0.461 e. The van der Waals surface area contributed by atoms with Gasteiger partial charge in [0, 0.05) is 21.7 Å². The number of carbonyl (C=O) groups is 2. The number of aryl methyl sites for hydroxylation is 2. The Hall–Kier alpha value is -1.42. The largest absolute Gasteiger partial charge is 0.461 e. The first kappa shape index (κ1) is 14.6. The Morgan fingerprint density at radius 1 is 1.33 bits per heavy atom. The van der Waals surface area contributed by atoms with Crippen molar-refractivity contribution in [3.63, 3.8) is 0 Å². The first-order chi connectivity index (χ1) is 8.54. The quantitative estimate of drug-likeness (QED) is 0.450. The molecule has 0 atom stereocenters. The van der Waals surface area contributed by atoms with E-state index in [1.54, 1.807) is 17.4 Å². The molecule has 0 aliphatic rings. The van der Waals surface area contributed by atoms with E-state index in [-0.39, 0.29) is 31.2 Å². The van der Waals surface area contributed by atoms with Crippen molar-refractivity contribution >= 4 is 23.1 Å². The smallest absolute Gasteiger partial charge is 0.306 e. The van der Waals surface area contributed by atoms with Gasteiger partial charge in [0.25, 0.3) is 0 Å². The van der Waals surface area contributed by atoms with Gasteiger partial charge in [-0.1, -0.05) is 12.2 Å². The summed E-state index contributed by atoms with van der Waals surface area (Å²) in [6.07, 6.45) is 3.93. The highest BCUT2D eigenvalue weighted by molar-refractivity contribution is 7.12. The van der Waals surface area contributed by atoms with E-state index >= 15 is 0 Å². The number of esters is 1. The summed E-state index contributed by atoms with van der Waals surface area (Å²) in [4.78, 5) is 25.4. The molecule has 0 N–H and O–H groups in total. The zero-order valence-electron chi connectivity index (χ0n) is 11.0. The third-order valence-corrected chi connectivity index (χ3v) is 3.44. The standard InChI is InChI=1S/C14H18O3S/c1-4-5-8-17-14(16)7-6-13(15)12-9-10(2)18-11(12)3/h4-5,9H,6-8H2,1-3H3/b5-4+. The molecule has 1 aromatic rings. The van der Waals surface area contributed by atoms with Crippen molar-refractivity contribution in [3.05, 3.63) is 33.5 Å². The van der Waals surface area contributed by atoms with E-state index in [1.165, 1.54) is 0 Å². The minimum atomic E-state index is -0.328. The highest BCUT2D eigenvalue weighted by atomic mass is 32.1. The fraction of sp³-hybridized carbons (Fsp3) is 0.429. The number of thiophene rings is 1. The van der Waals surface area contributed by atoms with Crippen LogP contribution in [0.15, 0.2) is 18.2 Å². The molecule has 1 rings (SSSR count). The number of Topliss-reactive ketones (excluding diaryl/α,β-unsaturated/α-hetero) is 1. The molecule has 0 bridgehead atoms. The van der Waals surface area contributed by atoms with E-state index in [9.17, 15) is 9.59 Å². The Kier molecular flexibility index (Phi) is 5.78. The van der Waals surface area contributed by atoms with Crippen molar-refractivity contribution in [1.82, 2.24) is 0 Å². The van der Waals surface area contributed by atoms with Crippen LogP contribution >= 0.6 is 11.3 Å². The first-order valence-electron chi connectivity index (χ1n) is 5.91. The summed E-state index contributed by atoms with van der Waals surface area (Å²) in [5.41, 5.74) is 0.735. The van der Waals surface area contributed by atoms with Crippen molar-refractivity contribution in [2.45, 2.75) is 33.6 Å². The highest BCUT2D eigenvalue weighted by Gasteiger charge is 2.13. The molecule has 0 unspecified atom stereocenters. The molecule has 0 aromatic carbocycles. The molecule has 3 nitrogen and oxygen atoms in total. The third kappa shape index (κ3) is 4.45. The lowest BCUT2D eigenvalue weighted by atomic mass is 10.1. The lowest BCUT2D eigenvalue weighted by Gasteiger charge is -2.01. The molecule has 4 heteroatoms. The predicted octanol–water partition coefficient (Wildman–Crippen LogP) is 3.45. The number of ketones is 1. The SMILES string of the molecule is C/C=C/COC(=O)CCC(=O)c1cc(C)sc1C. The Morgan fingerprint density at radius 3 is 2.61 bits per heavy atom. The van der Waals surface area contributed by atoms with Crippen molar-refractivity contribution in [1.29, 1.82) is 0 Å². The fourth-order valence-corrected chi connectivity index (χ4v) is 2.51. The van der Waals surface area contributed by atoms with Crippen LogP contribution in [0.1, 0.15) is 39.9 Å². The Morgan fingerprint density at radius 2 is 2.06 bits per heavy atom. The van der Waals surface area contributed by atoms with E-state index in [0.29, 0.717) is 0 Å². The van der Waals surface area contributed by atoms with Crippen molar-refractivity contribution < 1.29 is 14.3 Å². The van der Waals surface area contributed by atoms with Gasteiger partial charge in [-0.2, -0.15) is 0 Å². The number of carbonyl (C=O) groups excluding carboxylic acids is 2. The summed E-state index contributed by atoms with van der Waals surface area (Å²) in [5, 5.41) is 0. The van der Waals surface area contributed by atoms with Gasteiger partial charge in [-0.25, -0.2) is 0 Å². The number of allylic oxidation sites excluding steroid dienone is 1. The summed E-state index contributed by atoms with van der Waals surface area (Å²) in [7, 11) is 0. The van der Waals surface area contributed by atoms with Crippen LogP contribution in [-0.4, -0.2) is 18.4 Å². The monoisotopic (exact) mass is 266 g/mol. The average Bonchev–Trinajstić information content (AvgIpc) is 2.66. The second-order valence-corrected chi connectivity index (χ2v) is 5.46. The zero-order chi connectivity index (χ0) is 13.5. The lowest BCUT2D eigenvalue weighted by Crippen LogP contribution is -2.08. The molecule has 0 saturated heterocycles. The molecule has 18 heavy (non-hydrogen) atoms. The molecule has 1 aromatic heterocycles. The topological polar surface area (TPSA) is 43.4 Å². The molecule has 98 valence electrons. The van der Waals surface area contributed by atoms with Crippen LogP contribution in [0.5, 0.6) is 0 Å². The van der Waals surface area contributed by atoms with Crippen LogP contribution in [-0.2, 0) is 9.53 Å². The minimum absolute atomic E-state index is 0.0137. The summed E-state index contributed by atoms with van der Waals surface area (Å²) >= 11 is 1.60. The number of hydrogen-bond acceptors (Lipinski definition) is 4. The molecule has 0 spiro atoms. The maximum atomic E-state index is 11.9. The fourth-order valence-electron chi connectivity index (χ4n) is 1.57. The van der Waals surface area contributed by atoms with E-state index in [1.807, 2.05) is 32.9 Å². The summed E-state index contributed by atoms with van der Waals surface area (Å²) in [6, 6.07) is 1.88. The van der Waals surface area contributed by atoms with Gasteiger partial charge in [-0.05, 0) is 26.8 Å². The average molecular weight is 266 g/mol. The lowest BCUT2D eigenvalue weighted by molar-refractivity contribution is -0.142. The van der Waals surface area contributed by atoms with Crippen LogP contribution in [0.25, 0.3) is 0 Å². The second kappa shape index (κ2) is 7.11. The molecular formula is C14H18O3S. The third-order valence-electron chi connectivity index (χ3n) is 2.47. The molecule has 0 fully saturated rings. The Balaban J connectivity index is 2.42. The maximum absolute atomic E-state index is 11.9. The number of hydrogen-bond donors (Lipinski definition) is 0. The first-order valence-corrected chi connectivity index (χ1v) is 6.73. The zero-order valence-corrected chi connectivity index (χ0v) is 11.8. The van der Waals surface area contributed by atoms with Gasteiger partial charge >= 0.3 is 5.97 Å². The van der Waals surface area contributed by atoms with Gasteiger partial charge in [0.2, 0.25) is 0 Å². The van der Waals surface area contributed by atoms with Gasteiger partial charge in [-0.15, -0.1) is 11.3 Å². The molecule has 0 amide bonds. The number of ether oxygens (including phenoxy) is 1. The molecule has 0 saturated carbocycles. The van der Waals surface area contributed by atoms with Crippen LogP contribution in [0.4, 0.5) is 0 Å². The van der Waals surface area contributed by atoms with Gasteiger partial charge in [0.05, 0.1) is 6.42 Å². The summed E-state index contributed by atoms with van der Waals surface area (Å²) < 4.78 is 4.93. The second-order valence-electron chi connectivity index (χ2n) is 4.00. The predicted molar refractivity (Wildman–Crippen MR) is 73.1 cm³/mol. The van der Waals surface area contributed by atoms with E-state index in [0.717, 1.165) is 15.3 Å². The molecule has 0 aliphatic carbocycles. The van der Waals surface area contributed by atoms with E-state index < -0.39 is 0 Å². The van der Waals surface area contributed by atoms with Crippen LogP contribution in [0.2, 0.25) is 0 Å². The van der Waals surface area contributed by atoms with Gasteiger partial charge in [-0.3, -0.25) is 9.59 Å². The van der Waals surface area contributed by atoms with Gasteiger partial charge < -0.3 is 4.74 Å². The van der Waals surface area contributed by atoms with Crippen molar-refractivity contribution in [3.8, 4) is 0 Å². The normalized spacial score (nSPS) is 10.8. The van der Waals surface area contributed by atoms with E-state index in [2.05, 4.69) is 0 Å². The molecule has 1 heterocycles. The van der Waals surface area contributed by atoms with Gasteiger partial charge in [0.1, 0.15) is 6.61 Å². The molecular weight excluding hydrogens is 248 g/mol. The maximum Gasteiger partial charge on any atom is 0.306 e. The highest BCUT2D eigenvalue weighted by Crippen LogP contribution is 2.22. The summed E-state index contributed by atoms with van der Waals surface area (Å²) in [5.74, 6) is -0.314. The Labute approximate surface area is 111 Å². The molecule has 0 aliphatic heterocycles. The van der Waals surface area contributed by atoms with Crippen molar-refractivity contribution in [2.75, 3.05) is 6.61 Å².